The van der Waals surface area contributed by atoms with E-state index in [1.807, 2.05) is 22.8 Å². The largest absolute Gasteiger partial charge is 0.310 e. The van der Waals surface area contributed by atoms with Gasteiger partial charge in [0.05, 0.1) is 17.6 Å². The van der Waals surface area contributed by atoms with E-state index >= 15 is 0 Å². The second-order valence-corrected chi connectivity index (χ2v) is 6.37. The van der Waals surface area contributed by atoms with Crippen LogP contribution < -0.4 is 5.32 Å². The van der Waals surface area contributed by atoms with Gasteiger partial charge in [0.25, 0.3) is 0 Å². The summed E-state index contributed by atoms with van der Waals surface area (Å²) in [6.07, 6.45) is 5.39. The number of fused-ring (bicyclic) bond motifs is 1. The highest BCUT2D eigenvalue weighted by Gasteiger charge is 2.32. The standard InChI is InChI=1S/C17H12Cl2N4O/c18-10-3-4-12(14(19)6-10)13-7-15(24)22-17-16(13)21-9-23(17)11-2-1-5-20-8-11/h1-6,8-9,13H,7H2,(H,22,24)/t13-/m0/s1. The second kappa shape index (κ2) is 5.92. The number of carbonyl (C=O) groups excluding carboxylic acids is 1. The number of hydrogen-bond acceptors (Lipinski definition) is 3. The summed E-state index contributed by atoms with van der Waals surface area (Å²) in [5.41, 5.74) is 2.45. The summed E-state index contributed by atoms with van der Waals surface area (Å²) in [6.45, 7) is 0. The van der Waals surface area contributed by atoms with Crippen molar-refractivity contribution in [1.29, 1.82) is 0 Å². The molecule has 7 heteroatoms. The number of rotatable bonds is 2. The van der Waals surface area contributed by atoms with E-state index in [4.69, 9.17) is 23.2 Å². The lowest BCUT2D eigenvalue weighted by atomic mass is 9.90. The van der Waals surface area contributed by atoms with Crippen molar-refractivity contribution < 1.29 is 4.79 Å². The highest BCUT2D eigenvalue weighted by molar-refractivity contribution is 6.35. The van der Waals surface area contributed by atoms with Crippen molar-refractivity contribution >= 4 is 34.9 Å². The molecule has 1 N–H and O–H groups in total. The second-order valence-electron chi connectivity index (χ2n) is 5.53. The maximum Gasteiger partial charge on any atom is 0.226 e. The van der Waals surface area contributed by atoms with E-state index in [-0.39, 0.29) is 11.8 Å². The van der Waals surface area contributed by atoms with Crippen molar-refractivity contribution in [2.24, 2.45) is 0 Å². The molecule has 0 unspecified atom stereocenters. The predicted octanol–water partition coefficient (Wildman–Crippen LogP) is 4.05. The van der Waals surface area contributed by atoms with Crippen molar-refractivity contribution in [2.45, 2.75) is 12.3 Å². The minimum atomic E-state index is -0.212. The third kappa shape index (κ3) is 2.56. The summed E-state index contributed by atoms with van der Waals surface area (Å²) in [7, 11) is 0. The first-order chi connectivity index (χ1) is 11.6. The zero-order valence-corrected chi connectivity index (χ0v) is 13.9. The van der Waals surface area contributed by atoms with Gasteiger partial charge < -0.3 is 5.32 Å². The lowest BCUT2D eigenvalue weighted by molar-refractivity contribution is -0.116. The molecule has 1 aliphatic heterocycles. The van der Waals surface area contributed by atoms with Gasteiger partial charge in [0.2, 0.25) is 5.91 Å². The van der Waals surface area contributed by atoms with Crippen molar-refractivity contribution in [3.63, 3.8) is 0 Å². The van der Waals surface area contributed by atoms with E-state index < -0.39 is 0 Å². The number of pyridine rings is 1. The van der Waals surface area contributed by atoms with Crippen molar-refractivity contribution in [3.8, 4) is 5.69 Å². The minimum Gasteiger partial charge on any atom is -0.310 e. The minimum absolute atomic E-state index is 0.0795. The number of aromatic nitrogens is 3. The van der Waals surface area contributed by atoms with Crippen molar-refractivity contribution in [2.75, 3.05) is 5.32 Å². The molecule has 0 fully saturated rings. The Kier molecular flexibility index (Phi) is 3.75. The Bertz CT molecular complexity index is 924. The molecule has 24 heavy (non-hydrogen) atoms. The molecule has 5 nitrogen and oxygen atoms in total. The van der Waals surface area contributed by atoms with Crippen LogP contribution in [0.3, 0.4) is 0 Å². The van der Waals surface area contributed by atoms with Gasteiger partial charge in [-0.15, -0.1) is 0 Å². The fraction of sp³-hybridized carbons (Fsp3) is 0.118. The highest BCUT2D eigenvalue weighted by Crippen LogP contribution is 2.40. The first-order valence-electron chi connectivity index (χ1n) is 7.36. The molecule has 4 rings (SSSR count). The van der Waals surface area contributed by atoms with Crippen LogP contribution in [-0.2, 0) is 4.79 Å². The third-order valence-corrected chi connectivity index (χ3v) is 4.60. The number of carbonyl (C=O) groups is 1. The zero-order chi connectivity index (χ0) is 16.7. The molecule has 120 valence electrons. The maximum absolute atomic E-state index is 12.2. The summed E-state index contributed by atoms with van der Waals surface area (Å²) in [4.78, 5) is 20.9. The summed E-state index contributed by atoms with van der Waals surface area (Å²) in [5, 5.41) is 3.99. The van der Waals surface area contributed by atoms with Crippen LogP contribution in [0.1, 0.15) is 23.6 Å². The van der Waals surface area contributed by atoms with E-state index in [1.54, 1.807) is 30.9 Å². The van der Waals surface area contributed by atoms with Gasteiger partial charge in [-0.05, 0) is 29.8 Å². The van der Waals surface area contributed by atoms with Crippen LogP contribution in [0.2, 0.25) is 10.0 Å². The third-order valence-electron chi connectivity index (χ3n) is 4.04. The summed E-state index contributed by atoms with van der Waals surface area (Å²) in [5.74, 6) is 0.357. The van der Waals surface area contributed by atoms with Crippen molar-refractivity contribution in [3.05, 3.63) is 70.4 Å². The molecule has 0 radical (unpaired) electrons. The number of anilines is 1. The van der Waals surface area contributed by atoms with Gasteiger partial charge in [-0.25, -0.2) is 4.98 Å². The Morgan fingerprint density at radius 3 is 2.88 bits per heavy atom. The van der Waals surface area contributed by atoms with Crippen LogP contribution in [0.15, 0.2) is 49.1 Å². The smallest absolute Gasteiger partial charge is 0.226 e. The van der Waals surface area contributed by atoms with Crippen molar-refractivity contribution in [1.82, 2.24) is 14.5 Å². The van der Waals surface area contributed by atoms with Gasteiger partial charge in [-0.3, -0.25) is 14.3 Å². The average Bonchev–Trinajstić information content (AvgIpc) is 2.99. The molecule has 0 aliphatic carbocycles. The Morgan fingerprint density at radius 1 is 1.25 bits per heavy atom. The summed E-state index contributed by atoms with van der Waals surface area (Å²) in [6, 6.07) is 9.04. The van der Waals surface area contributed by atoms with Crippen LogP contribution in [0.4, 0.5) is 5.82 Å². The van der Waals surface area contributed by atoms with Crippen LogP contribution >= 0.6 is 23.2 Å². The van der Waals surface area contributed by atoms with E-state index in [9.17, 15) is 4.79 Å². The SMILES string of the molecule is O=C1C[C@@H](c2ccc(Cl)cc2Cl)c2ncn(-c3cccnc3)c2N1. The molecule has 0 saturated heterocycles. The van der Waals surface area contributed by atoms with E-state index in [1.165, 1.54) is 0 Å². The highest BCUT2D eigenvalue weighted by atomic mass is 35.5. The summed E-state index contributed by atoms with van der Waals surface area (Å²) < 4.78 is 1.82. The Labute approximate surface area is 148 Å². The molecule has 0 saturated carbocycles. The molecule has 1 atom stereocenters. The van der Waals surface area contributed by atoms with Gasteiger partial charge in [0.15, 0.2) is 0 Å². The zero-order valence-electron chi connectivity index (χ0n) is 12.4. The molecule has 3 heterocycles. The average molecular weight is 359 g/mol. The molecular weight excluding hydrogens is 347 g/mol. The van der Waals surface area contributed by atoms with Crippen LogP contribution in [0, 0.1) is 0 Å². The van der Waals surface area contributed by atoms with Gasteiger partial charge in [-0.2, -0.15) is 0 Å². The lowest BCUT2D eigenvalue weighted by Crippen LogP contribution is -2.25. The van der Waals surface area contributed by atoms with Gasteiger partial charge in [0, 0.05) is 28.6 Å². The van der Waals surface area contributed by atoms with Gasteiger partial charge in [0.1, 0.15) is 12.1 Å². The van der Waals surface area contributed by atoms with E-state index in [2.05, 4.69) is 15.3 Å². The number of benzene rings is 1. The molecule has 3 aromatic rings. The Morgan fingerprint density at radius 2 is 2.12 bits per heavy atom. The van der Waals surface area contributed by atoms with E-state index in [0.717, 1.165) is 16.9 Å². The van der Waals surface area contributed by atoms with Crippen LogP contribution in [0.5, 0.6) is 0 Å². The van der Waals surface area contributed by atoms with Gasteiger partial charge in [-0.1, -0.05) is 29.3 Å². The molecular formula is C17H12Cl2N4O. The fourth-order valence-corrected chi connectivity index (χ4v) is 3.48. The number of amides is 1. The maximum atomic E-state index is 12.2. The van der Waals surface area contributed by atoms with E-state index in [0.29, 0.717) is 22.3 Å². The van der Waals surface area contributed by atoms with Gasteiger partial charge >= 0.3 is 0 Å². The molecule has 0 bridgehead atoms. The molecule has 1 aromatic carbocycles. The lowest BCUT2D eigenvalue weighted by Gasteiger charge is -2.24. The Balaban J connectivity index is 1.84. The monoisotopic (exact) mass is 358 g/mol. The molecule has 2 aromatic heterocycles. The Hall–Kier alpha value is -2.37. The van der Waals surface area contributed by atoms with Crippen LogP contribution in [-0.4, -0.2) is 20.4 Å². The number of halogens is 2. The number of hydrogen-bond donors (Lipinski definition) is 1. The summed E-state index contributed by atoms with van der Waals surface area (Å²) >= 11 is 12.3. The molecule has 0 spiro atoms. The number of imidazole rings is 1. The quantitative estimate of drug-likeness (QED) is 0.751. The number of nitrogens with zero attached hydrogens (tertiary/aromatic N) is 3. The predicted molar refractivity (Wildman–Crippen MR) is 92.9 cm³/mol. The fourth-order valence-electron chi connectivity index (χ4n) is 2.94. The first-order valence-corrected chi connectivity index (χ1v) is 8.11. The molecule has 1 amide bonds. The number of nitrogens with one attached hydrogen (secondary N) is 1. The topological polar surface area (TPSA) is 59.8 Å². The first kappa shape index (κ1) is 15.2. The normalized spacial score (nSPS) is 16.6. The van der Waals surface area contributed by atoms with Crippen LogP contribution in [0.25, 0.3) is 5.69 Å². The molecule has 1 aliphatic rings.